The average Bonchev–Trinajstić information content (AvgIpc) is 2.36. The van der Waals surface area contributed by atoms with Gasteiger partial charge in [0.2, 0.25) is 0 Å². The van der Waals surface area contributed by atoms with Crippen LogP contribution in [0.1, 0.15) is 76.2 Å². The number of rotatable bonds is 3. The summed E-state index contributed by atoms with van der Waals surface area (Å²) in [5.74, 6) is 1.58. The van der Waals surface area contributed by atoms with E-state index in [-0.39, 0.29) is 0 Å². The highest BCUT2D eigenvalue weighted by molar-refractivity contribution is 6.33. The first-order chi connectivity index (χ1) is 7.29. The summed E-state index contributed by atoms with van der Waals surface area (Å²) in [6, 6.07) is 0. The molecule has 0 aliphatic rings. The largest absolute Gasteiger partial charge is 0.383 e. The van der Waals surface area contributed by atoms with Gasteiger partial charge in [0.25, 0.3) is 0 Å². The van der Waals surface area contributed by atoms with Gasteiger partial charge < -0.3 is 4.23 Å². The first-order valence-electron chi connectivity index (χ1n) is 6.16. The van der Waals surface area contributed by atoms with Crippen LogP contribution in [0.5, 0.6) is 0 Å². The van der Waals surface area contributed by atoms with Crippen molar-refractivity contribution < 1.29 is 0 Å². The Morgan fingerprint density at radius 1 is 0.875 bits per heavy atom. The molecule has 0 unspecified atom stereocenters. The number of halogens is 1. The molecular weight excluding hydrogens is 234 g/mol. The van der Waals surface area contributed by atoms with Gasteiger partial charge in [-0.25, -0.2) is 0 Å². The Morgan fingerprint density at radius 3 is 1.56 bits per heavy atom. The van der Waals surface area contributed by atoms with Crippen molar-refractivity contribution in [1.29, 1.82) is 0 Å². The van der Waals surface area contributed by atoms with Crippen molar-refractivity contribution in [3.05, 3.63) is 22.0 Å². The fourth-order valence-electron chi connectivity index (χ4n) is 2.60. The lowest BCUT2D eigenvalue weighted by molar-refractivity contribution is 0.741. The summed E-state index contributed by atoms with van der Waals surface area (Å²) < 4.78 is 2.44. The van der Waals surface area contributed by atoms with Gasteiger partial charge >= 0.3 is 0 Å². The number of hydrogen-bond donors (Lipinski definition) is 0. The summed E-state index contributed by atoms with van der Waals surface area (Å²) in [6.45, 7) is 13.4. The van der Waals surface area contributed by atoms with Crippen LogP contribution in [0, 0.1) is 0 Å². The molecule has 0 amide bonds. The van der Waals surface area contributed by atoms with Crippen molar-refractivity contribution in [3.8, 4) is 0 Å². The minimum absolute atomic E-state index is 0.509. The molecule has 0 spiro atoms. The Bertz CT molecular complexity index is 346. The molecule has 1 nitrogen and oxygen atoms in total. The molecule has 3 heteroatoms. The fraction of sp³-hybridized carbons (Fsp3) is 0.692. The summed E-state index contributed by atoms with van der Waals surface area (Å²) in [6.07, 6.45) is 0. The summed E-state index contributed by atoms with van der Waals surface area (Å²) >= 11 is 6.57. The molecule has 0 bridgehead atoms. The van der Waals surface area contributed by atoms with Crippen LogP contribution in [0.15, 0.2) is 0 Å². The van der Waals surface area contributed by atoms with E-state index >= 15 is 0 Å². The highest BCUT2D eigenvalue weighted by Crippen LogP contribution is 2.39. The lowest BCUT2D eigenvalue weighted by Crippen LogP contribution is -2.07. The zero-order chi connectivity index (χ0) is 12.6. The second-order valence-corrected chi connectivity index (χ2v) is 6.79. The molecule has 0 fully saturated rings. The molecule has 0 saturated carbocycles. The standard InChI is InChI=1S/C13H24ClNSi/c1-7(2)10-11(14)13(9(5)6)15(16)12(10)8(3)4/h7-9H,1-6,16H3. The molecule has 92 valence electrons. The highest BCUT2D eigenvalue weighted by atomic mass is 35.5. The van der Waals surface area contributed by atoms with Crippen LogP contribution in [0.4, 0.5) is 0 Å². The van der Waals surface area contributed by atoms with Crippen molar-refractivity contribution in [3.63, 3.8) is 0 Å². The second kappa shape index (κ2) is 4.97. The molecule has 0 N–H and O–H groups in total. The van der Waals surface area contributed by atoms with Crippen LogP contribution in [0.25, 0.3) is 0 Å². The molecule has 0 aliphatic heterocycles. The van der Waals surface area contributed by atoms with E-state index in [1.165, 1.54) is 17.0 Å². The molecule has 0 aromatic carbocycles. The Balaban J connectivity index is 3.53. The normalized spacial score (nSPS) is 12.4. The number of aromatic nitrogens is 1. The predicted molar refractivity (Wildman–Crippen MR) is 77.0 cm³/mol. The van der Waals surface area contributed by atoms with E-state index in [1.54, 1.807) is 0 Å². The van der Waals surface area contributed by atoms with E-state index in [0.29, 0.717) is 17.8 Å². The van der Waals surface area contributed by atoms with Crippen molar-refractivity contribution in [2.24, 2.45) is 0 Å². The van der Waals surface area contributed by atoms with Crippen LogP contribution in [0.2, 0.25) is 5.02 Å². The van der Waals surface area contributed by atoms with E-state index in [1.807, 2.05) is 0 Å². The van der Waals surface area contributed by atoms with Crippen molar-refractivity contribution in [2.45, 2.75) is 59.3 Å². The maximum atomic E-state index is 6.57. The molecule has 0 radical (unpaired) electrons. The summed E-state index contributed by atoms with van der Waals surface area (Å²) in [5.41, 5.74) is 4.16. The van der Waals surface area contributed by atoms with E-state index in [2.05, 4.69) is 45.8 Å². The van der Waals surface area contributed by atoms with Crippen LogP contribution < -0.4 is 0 Å². The molecule has 0 saturated heterocycles. The summed E-state index contributed by atoms with van der Waals surface area (Å²) in [5, 5.41) is 1.02. The van der Waals surface area contributed by atoms with Gasteiger partial charge in [0.15, 0.2) is 0 Å². The van der Waals surface area contributed by atoms with Crippen molar-refractivity contribution >= 4 is 22.0 Å². The maximum absolute atomic E-state index is 6.57. The summed E-state index contributed by atoms with van der Waals surface area (Å²) in [4.78, 5) is 0. The predicted octanol–water partition coefficient (Wildman–Crippen LogP) is 3.64. The molecule has 16 heavy (non-hydrogen) atoms. The lowest BCUT2D eigenvalue weighted by atomic mass is 9.97. The van der Waals surface area contributed by atoms with E-state index in [9.17, 15) is 0 Å². The Morgan fingerprint density at radius 2 is 1.31 bits per heavy atom. The third-order valence-electron chi connectivity index (χ3n) is 3.13. The molecule has 1 aromatic rings. The molecule has 0 atom stereocenters. The smallest absolute Gasteiger partial charge is 0.113 e. The van der Waals surface area contributed by atoms with Gasteiger partial charge in [-0.15, -0.1) is 0 Å². The second-order valence-electron chi connectivity index (χ2n) is 5.52. The van der Waals surface area contributed by atoms with Gasteiger partial charge in [0.1, 0.15) is 10.4 Å². The van der Waals surface area contributed by atoms with E-state index < -0.39 is 0 Å². The van der Waals surface area contributed by atoms with Gasteiger partial charge in [-0.05, 0) is 23.3 Å². The number of hydrogen-bond acceptors (Lipinski definition) is 0. The van der Waals surface area contributed by atoms with Gasteiger partial charge in [0, 0.05) is 11.4 Å². The van der Waals surface area contributed by atoms with Gasteiger partial charge in [-0.2, -0.15) is 0 Å². The summed E-state index contributed by atoms with van der Waals surface area (Å²) in [7, 11) is 1.02. The first-order valence-corrected chi connectivity index (χ1v) is 7.44. The topological polar surface area (TPSA) is 4.93 Å². The molecule has 1 aromatic heterocycles. The zero-order valence-corrected chi connectivity index (χ0v) is 14.3. The van der Waals surface area contributed by atoms with Crippen molar-refractivity contribution in [1.82, 2.24) is 4.23 Å². The Hall–Kier alpha value is -0.213. The minimum atomic E-state index is 0.509. The van der Waals surface area contributed by atoms with Crippen molar-refractivity contribution in [2.75, 3.05) is 0 Å². The molecular formula is C13H24ClNSi. The Kier molecular flexibility index (Phi) is 4.30. The van der Waals surface area contributed by atoms with Gasteiger partial charge in [0.05, 0.1) is 5.02 Å². The SMILES string of the molecule is CC(C)c1c(Cl)c(C(C)C)n([SiH3])c1C(C)C. The molecule has 1 heterocycles. The van der Waals surface area contributed by atoms with Gasteiger partial charge in [-0.1, -0.05) is 53.1 Å². The van der Waals surface area contributed by atoms with E-state index in [4.69, 9.17) is 11.6 Å². The number of nitrogens with zero attached hydrogens (tertiary/aromatic N) is 1. The highest BCUT2D eigenvalue weighted by Gasteiger charge is 2.24. The Labute approximate surface area is 108 Å². The lowest BCUT2D eigenvalue weighted by Gasteiger charge is -2.15. The third-order valence-corrected chi connectivity index (χ3v) is 4.49. The monoisotopic (exact) mass is 257 g/mol. The minimum Gasteiger partial charge on any atom is -0.383 e. The molecule has 0 aliphatic carbocycles. The average molecular weight is 258 g/mol. The third kappa shape index (κ3) is 2.23. The fourth-order valence-corrected chi connectivity index (χ4v) is 4.90. The van der Waals surface area contributed by atoms with Gasteiger partial charge in [-0.3, -0.25) is 0 Å². The first kappa shape index (κ1) is 13.9. The van der Waals surface area contributed by atoms with Crippen LogP contribution >= 0.6 is 11.6 Å². The quantitative estimate of drug-likeness (QED) is 0.729. The van der Waals surface area contributed by atoms with Crippen LogP contribution in [-0.2, 0) is 0 Å². The maximum Gasteiger partial charge on any atom is 0.113 e. The van der Waals surface area contributed by atoms with Crippen LogP contribution in [0.3, 0.4) is 0 Å². The zero-order valence-electron chi connectivity index (χ0n) is 11.6. The van der Waals surface area contributed by atoms with E-state index in [0.717, 1.165) is 15.4 Å². The van der Waals surface area contributed by atoms with Crippen LogP contribution in [-0.4, -0.2) is 14.6 Å². The molecule has 1 rings (SSSR count).